The fraction of sp³-hybridized carbons (Fsp3) is 0.333. The van der Waals surface area contributed by atoms with Crippen LogP contribution >= 0.6 is 11.3 Å². The largest absolute Gasteiger partial charge is 0.380 e. The number of fused-ring (bicyclic) bond motifs is 1. The molecule has 1 fully saturated rings. The van der Waals surface area contributed by atoms with E-state index in [0.29, 0.717) is 6.61 Å². The van der Waals surface area contributed by atoms with Gasteiger partial charge in [0.25, 0.3) is 5.91 Å². The molecule has 0 spiro atoms. The smallest absolute Gasteiger partial charge is 0.253 e. The normalized spacial score (nSPS) is 15.4. The number of rotatable bonds is 5. The van der Waals surface area contributed by atoms with Crippen molar-refractivity contribution in [3.05, 3.63) is 64.7 Å². The topological polar surface area (TPSA) is 45.7 Å². The SMILES string of the molecule is COCc1ccc(C(=O)N2CCN(Cc3nc4ccccc4s3)CC2)cc1. The predicted octanol–water partition coefficient (Wildman–Crippen LogP) is 3.40. The molecule has 5 nitrogen and oxygen atoms in total. The third kappa shape index (κ3) is 4.18. The van der Waals surface area contributed by atoms with Gasteiger partial charge in [0.05, 0.1) is 23.4 Å². The van der Waals surface area contributed by atoms with Crippen LogP contribution in [0.3, 0.4) is 0 Å². The van der Waals surface area contributed by atoms with Gasteiger partial charge in [-0.05, 0) is 29.8 Å². The molecule has 0 radical (unpaired) electrons. The van der Waals surface area contributed by atoms with Gasteiger partial charge in [-0.25, -0.2) is 4.98 Å². The van der Waals surface area contributed by atoms with E-state index in [4.69, 9.17) is 9.72 Å². The molecule has 0 N–H and O–H groups in total. The first-order valence-corrected chi connectivity index (χ1v) is 9.98. The van der Waals surface area contributed by atoms with Crippen LogP contribution in [0.25, 0.3) is 10.2 Å². The van der Waals surface area contributed by atoms with E-state index in [1.165, 1.54) is 4.70 Å². The van der Waals surface area contributed by atoms with E-state index in [1.54, 1.807) is 18.4 Å². The molecule has 27 heavy (non-hydrogen) atoms. The molecule has 0 aliphatic carbocycles. The summed E-state index contributed by atoms with van der Waals surface area (Å²) in [5, 5.41) is 1.14. The van der Waals surface area contributed by atoms with Crippen molar-refractivity contribution in [2.45, 2.75) is 13.2 Å². The van der Waals surface area contributed by atoms with Crippen LogP contribution in [-0.4, -0.2) is 54.0 Å². The molecule has 1 aliphatic rings. The maximum Gasteiger partial charge on any atom is 0.253 e. The lowest BCUT2D eigenvalue weighted by Crippen LogP contribution is -2.48. The zero-order chi connectivity index (χ0) is 18.6. The molecule has 0 bridgehead atoms. The fourth-order valence-corrected chi connectivity index (χ4v) is 4.39. The Hall–Kier alpha value is -2.28. The quantitative estimate of drug-likeness (QED) is 0.680. The van der Waals surface area contributed by atoms with Crippen LogP contribution in [0.1, 0.15) is 20.9 Å². The summed E-state index contributed by atoms with van der Waals surface area (Å²) in [6, 6.07) is 16.0. The Kier molecular flexibility index (Phi) is 5.48. The molecule has 1 amide bonds. The standard InChI is InChI=1S/C21H23N3O2S/c1-26-15-16-6-8-17(9-7-16)21(25)24-12-10-23(11-13-24)14-20-22-18-4-2-3-5-19(18)27-20/h2-9H,10-15H2,1H3. The second-order valence-corrected chi connectivity index (χ2v) is 7.89. The summed E-state index contributed by atoms with van der Waals surface area (Å²) < 4.78 is 6.35. The van der Waals surface area contributed by atoms with Crippen molar-refractivity contribution >= 4 is 27.5 Å². The summed E-state index contributed by atoms with van der Waals surface area (Å²) in [5.41, 5.74) is 2.90. The van der Waals surface area contributed by atoms with Gasteiger partial charge in [0.15, 0.2) is 0 Å². The van der Waals surface area contributed by atoms with Gasteiger partial charge in [-0.15, -0.1) is 11.3 Å². The second kappa shape index (κ2) is 8.17. The lowest BCUT2D eigenvalue weighted by atomic mass is 10.1. The summed E-state index contributed by atoms with van der Waals surface area (Å²) in [6.07, 6.45) is 0. The molecule has 1 aliphatic heterocycles. The van der Waals surface area contributed by atoms with Gasteiger partial charge < -0.3 is 9.64 Å². The van der Waals surface area contributed by atoms with Gasteiger partial charge in [-0.3, -0.25) is 9.69 Å². The number of methoxy groups -OCH3 is 1. The molecule has 0 unspecified atom stereocenters. The first kappa shape index (κ1) is 18.1. The van der Waals surface area contributed by atoms with Crippen molar-refractivity contribution in [2.75, 3.05) is 33.3 Å². The summed E-state index contributed by atoms with van der Waals surface area (Å²) in [7, 11) is 1.67. The maximum atomic E-state index is 12.7. The molecule has 6 heteroatoms. The Bertz CT molecular complexity index is 882. The summed E-state index contributed by atoms with van der Waals surface area (Å²) in [5.74, 6) is 0.110. The molecule has 0 atom stereocenters. The van der Waals surface area contributed by atoms with Gasteiger partial charge in [0.2, 0.25) is 0 Å². The zero-order valence-corrected chi connectivity index (χ0v) is 16.2. The fourth-order valence-electron chi connectivity index (χ4n) is 3.38. The summed E-state index contributed by atoms with van der Waals surface area (Å²) in [4.78, 5) is 21.8. The first-order valence-electron chi connectivity index (χ1n) is 9.17. The number of hydrogen-bond acceptors (Lipinski definition) is 5. The monoisotopic (exact) mass is 381 g/mol. The minimum Gasteiger partial charge on any atom is -0.380 e. The Labute approximate surface area is 163 Å². The lowest BCUT2D eigenvalue weighted by molar-refractivity contribution is 0.0628. The van der Waals surface area contributed by atoms with E-state index in [2.05, 4.69) is 23.1 Å². The Morgan fingerprint density at radius 2 is 1.81 bits per heavy atom. The lowest BCUT2D eigenvalue weighted by Gasteiger charge is -2.34. The van der Waals surface area contributed by atoms with Crippen molar-refractivity contribution in [1.82, 2.24) is 14.8 Å². The number of benzene rings is 2. The molecule has 3 aromatic rings. The molecule has 2 aromatic carbocycles. The summed E-state index contributed by atoms with van der Waals surface area (Å²) in [6.45, 7) is 4.69. The maximum absolute atomic E-state index is 12.7. The number of carbonyl (C=O) groups is 1. The number of para-hydroxylation sites is 1. The molecule has 4 rings (SSSR count). The Morgan fingerprint density at radius 3 is 2.52 bits per heavy atom. The summed E-state index contributed by atoms with van der Waals surface area (Å²) >= 11 is 1.76. The van der Waals surface area contributed by atoms with Gasteiger partial charge in [0, 0.05) is 38.9 Å². The number of carbonyl (C=O) groups excluding carboxylic acids is 1. The first-order chi connectivity index (χ1) is 13.2. The van der Waals surface area contributed by atoms with Gasteiger partial charge >= 0.3 is 0 Å². The number of ether oxygens (including phenoxy) is 1. The predicted molar refractivity (Wildman–Crippen MR) is 108 cm³/mol. The highest BCUT2D eigenvalue weighted by Gasteiger charge is 2.22. The average molecular weight is 382 g/mol. The number of hydrogen-bond donors (Lipinski definition) is 0. The highest BCUT2D eigenvalue weighted by molar-refractivity contribution is 7.18. The van der Waals surface area contributed by atoms with Crippen LogP contribution in [0.2, 0.25) is 0 Å². The van der Waals surface area contributed by atoms with E-state index < -0.39 is 0 Å². The van der Waals surface area contributed by atoms with Crippen LogP contribution in [0.4, 0.5) is 0 Å². The van der Waals surface area contributed by atoms with Crippen LogP contribution in [0.15, 0.2) is 48.5 Å². The van der Waals surface area contributed by atoms with E-state index >= 15 is 0 Å². The number of amides is 1. The number of nitrogens with zero attached hydrogens (tertiary/aromatic N) is 3. The molecule has 0 saturated carbocycles. The third-order valence-corrected chi connectivity index (χ3v) is 5.89. The average Bonchev–Trinajstić information content (AvgIpc) is 3.11. The molecular formula is C21H23N3O2S. The van der Waals surface area contributed by atoms with Crippen molar-refractivity contribution < 1.29 is 9.53 Å². The van der Waals surface area contributed by atoms with Gasteiger partial charge in [-0.1, -0.05) is 24.3 Å². The van der Waals surface area contributed by atoms with Crippen molar-refractivity contribution in [3.8, 4) is 0 Å². The van der Waals surface area contributed by atoms with E-state index in [9.17, 15) is 4.79 Å². The van der Waals surface area contributed by atoms with E-state index in [1.807, 2.05) is 35.2 Å². The van der Waals surface area contributed by atoms with Gasteiger partial charge in [-0.2, -0.15) is 0 Å². The van der Waals surface area contributed by atoms with Crippen LogP contribution in [0.5, 0.6) is 0 Å². The van der Waals surface area contributed by atoms with E-state index in [0.717, 1.165) is 54.4 Å². The third-order valence-electron chi connectivity index (χ3n) is 4.87. The second-order valence-electron chi connectivity index (χ2n) is 6.77. The highest BCUT2D eigenvalue weighted by atomic mass is 32.1. The molecule has 140 valence electrons. The molecular weight excluding hydrogens is 358 g/mol. The molecule has 1 aromatic heterocycles. The molecule has 1 saturated heterocycles. The van der Waals surface area contributed by atoms with Crippen molar-refractivity contribution in [3.63, 3.8) is 0 Å². The minimum absolute atomic E-state index is 0.110. The molecule has 2 heterocycles. The number of aromatic nitrogens is 1. The highest BCUT2D eigenvalue weighted by Crippen LogP contribution is 2.23. The Morgan fingerprint density at radius 1 is 1.07 bits per heavy atom. The minimum atomic E-state index is 0.110. The van der Waals surface area contributed by atoms with Crippen LogP contribution < -0.4 is 0 Å². The Balaban J connectivity index is 1.33. The number of piperazine rings is 1. The van der Waals surface area contributed by atoms with E-state index in [-0.39, 0.29) is 5.91 Å². The zero-order valence-electron chi connectivity index (χ0n) is 15.4. The van der Waals surface area contributed by atoms with Crippen molar-refractivity contribution in [2.24, 2.45) is 0 Å². The van der Waals surface area contributed by atoms with Gasteiger partial charge in [0.1, 0.15) is 5.01 Å². The van der Waals surface area contributed by atoms with Crippen molar-refractivity contribution in [1.29, 1.82) is 0 Å². The number of thiazole rings is 1. The van der Waals surface area contributed by atoms with Crippen LogP contribution in [-0.2, 0) is 17.9 Å². The van der Waals surface area contributed by atoms with Crippen LogP contribution in [0, 0.1) is 0 Å².